The van der Waals surface area contributed by atoms with Gasteiger partial charge in [0.05, 0.1) is 6.10 Å². The summed E-state index contributed by atoms with van der Waals surface area (Å²) in [5.41, 5.74) is 0.931. The molecule has 0 aliphatic rings. The van der Waals surface area contributed by atoms with Crippen molar-refractivity contribution >= 4 is 22.6 Å². The molecule has 0 heterocycles. The van der Waals surface area contributed by atoms with Gasteiger partial charge in [0.2, 0.25) is 0 Å². The van der Waals surface area contributed by atoms with Gasteiger partial charge in [-0.3, -0.25) is 0 Å². The molecule has 0 saturated carbocycles. The lowest BCUT2D eigenvalue weighted by atomic mass is 10.1. The van der Waals surface area contributed by atoms with Crippen molar-refractivity contribution in [2.75, 3.05) is 11.0 Å². The molecule has 1 aromatic rings. The summed E-state index contributed by atoms with van der Waals surface area (Å²) in [6.07, 6.45) is 2.20. The van der Waals surface area contributed by atoms with Crippen LogP contribution in [0.5, 0.6) is 0 Å². The minimum absolute atomic E-state index is 0.0212. The van der Waals surface area contributed by atoms with Gasteiger partial charge in [0.1, 0.15) is 5.82 Å². The first kappa shape index (κ1) is 12.9. The second kappa shape index (κ2) is 7.17. The average molecular weight is 322 g/mol. The first-order chi connectivity index (χ1) is 7.27. The molecule has 0 spiro atoms. The van der Waals surface area contributed by atoms with Gasteiger partial charge in [-0.25, -0.2) is 4.39 Å². The zero-order chi connectivity index (χ0) is 11.1. The molecule has 0 radical (unpaired) electrons. The molecular weight excluding hydrogens is 306 g/mol. The van der Waals surface area contributed by atoms with E-state index in [1.54, 1.807) is 12.1 Å². The van der Waals surface area contributed by atoms with E-state index in [1.165, 1.54) is 6.07 Å². The van der Waals surface area contributed by atoms with E-state index in [-0.39, 0.29) is 11.9 Å². The summed E-state index contributed by atoms with van der Waals surface area (Å²) in [4.78, 5) is 0. The number of ether oxygens (including phenoxy) is 1. The number of halogens is 2. The predicted molar refractivity (Wildman–Crippen MR) is 68.9 cm³/mol. The van der Waals surface area contributed by atoms with Crippen molar-refractivity contribution in [1.29, 1.82) is 0 Å². The van der Waals surface area contributed by atoms with Crippen LogP contribution in [0.1, 0.15) is 31.4 Å². The Morgan fingerprint density at radius 2 is 2.27 bits per heavy atom. The number of benzene rings is 1. The van der Waals surface area contributed by atoms with Gasteiger partial charge in [-0.2, -0.15) is 0 Å². The maximum absolute atomic E-state index is 13.0. The monoisotopic (exact) mass is 322 g/mol. The molecule has 1 aromatic carbocycles. The Kier molecular flexibility index (Phi) is 6.17. The van der Waals surface area contributed by atoms with Crippen LogP contribution in [0.15, 0.2) is 24.3 Å². The highest BCUT2D eigenvalue weighted by atomic mass is 127. The Bertz CT molecular complexity index is 291. The first-order valence-corrected chi connectivity index (χ1v) is 6.73. The maximum atomic E-state index is 13.0. The van der Waals surface area contributed by atoms with Crippen LogP contribution in [0.4, 0.5) is 4.39 Å². The van der Waals surface area contributed by atoms with Crippen LogP contribution in [-0.2, 0) is 4.74 Å². The van der Waals surface area contributed by atoms with Crippen LogP contribution >= 0.6 is 22.6 Å². The number of hydrogen-bond donors (Lipinski definition) is 0. The Hall–Kier alpha value is -0.160. The summed E-state index contributed by atoms with van der Waals surface area (Å²) >= 11 is 2.27. The van der Waals surface area contributed by atoms with E-state index < -0.39 is 0 Å². The van der Waals surface area contributed by atoms with Crippen LogP contribution in [0.2, 0.25) is 0 Å². The molecule has 1 rings (SSSR count). The van der Waals surface area contributed by atoms with Crippen molar-refractivity contribution in [1.82, 2.24) is 0 Å². The number of alkyl halides is 1. The molecule has 1 nitrogen and oxygen atoms in total. The van der Waals surface area contributed by atoms with Gasteiger partial charge in [-0.15, -0.1) is 0 Å². The van der Waals surface area contributed by atoms with E-state index in [0.29, 0.717) is 0 Å². The first-order valence-electron chi connectivity index (χ1n) is 5.21. The van der Waals surface area contributed by atoms with Crippen molar-refractivity contribution in [3.05, 3.63) is 35.6 Å². The summed E-state index contributed by atoms with van der Waals surface area (Å²) in [6, 6.07) is 6.65. The standard InChI is InChI=1S/C12H16FIO/c1-2-3-7-15-12(9-14)10-5-4-6-11(13)8-10/h4-6,8,12H,2-3,7,9H2,1H3. The molecule has 0 aromatic heterocycles. The molecule has 0 aliphatic carbocycles. The van der Waals surface area contributed by atoms with E-state index in [1.807, 2.05) is 6.07 Å². The largest absolute Gasteiger partial charge is 0.373 e. The summed E-state index contributed by atoms with van der Waals surface area (Å²) < 4.78 is 19.5. The highest BCUT2D eigenvalue weighted by Crippen LogP contribution is 2.21. The number of hydrogen-bond acceptors (Lipinski definition) is 1. The molecule has 0 bridgehead atoms. The average Bonchev–Trinajstić information content (AvgIpc) is 2.24. The topological polar surface area (TPSA) is 9.23 Å². The normalized spacial score (nSPS) is 12.7. The van der Waals surface area contributed by atoms with E-state index in [4.69, 9.17) is 4.74 Å². The molecule has 84 valence electrons. The van der Waals surface area contributed by atoms with Crippen molar-refractivity contribution < 1.29 is 9.13 Å². The van der Waals surface area contributed by atoms with Crippen LogP contribution in [-0.4, -0.2) is 11.0 Å². The van der Waals surface area contributed by atoms with Crippen LogP contribution < -0.4 is 0 Å². The summed E-state index contributed by atoms with van der Waals surface area (Å²) in [5, 5.41) is 0. The lowest BCUT2D eigenvalue weighted by Crippen LogP contribution is -2.07. The maximum Gasteiger partial charge on any atom is 0.123 e. The second-order valence-electron chi connectivity index (χ2n) is 3.42. The van der Waals surface area contributed by atoms with E-state index in [0.717, 1.165) is 29.4 Å². The fraction of sp³-hybridized carbons (Fsp3) is 0.500. The SMILES string of the molecule is CCCCOC(CI)c1cccc(F)c1. The Balaban J connectivity index is 2.57. The number of unbranched alkanes of at least 4 members (excludes halogenated alkanes) is 1. The third-order valence-electron chi connectivity index (χ3n) is 2.18. The van der Waals surface area contributed by atoms with Gasteiger partial charge in [0, 0.05) is 11.0 Å². The Morgan fingerprint density at radius 3 is 2.87 bits per heavy atom. The second-order valence-corrected chi connectivity index (χ2v) is 4.30. The van der Waals surface area contributed by atoms with E-state index in [2.05, 4.69) is 29.5 Å². The lowest BCUT2D eigenvalue weighted by molar-refractivity contribution is 0.0686. The van der Waals surface area contributed by atoms with Crippen molar-refractivity contribution in [3.8, 4) is 0 Å². The van der Waals surface area contributed by atoms with Gasteiger partial charge in [-0.05, 0) is 24.1 Å². The molecule has 1 unspecified atom stereocenters. The Labute approximate surface area is 104 Å². The minimum atomic E-state index is -0.193. The van der Waals surface area contributed by atoms with Crippen LogP contribution in [0, 0.1) is 5.82 Å². The van der Waals surface area contributed by atoms with Crippen molar-refractivity contribution in [2.24, 2.45) is 0 Å². The lowest BCUT2D eigenvalue weighted by Gasteiger charge is -2.15. The molecule has 1 atom stereocenters. The molecule has 15 heavy (non-hydrogen) atoms. The fourth-order valence-corrected chi connectivity index (χ4v) is 2.07. The number of rotatable bonds is 6. The molecule has 0 saturated heterocycles. The Morgan fingerprint density at radius 1 is 1.47 bits per heavy atom. The van der Waals surface area contributed by atoms with Crippen molar-refractivity contribution in [2.45, 2.75) is 25.9 Å². The van der Waals surface area contributed by atoms with E-state index >= 15 is 0 Å². The molecule has 0 aliphatic heterocycles. The van der Waals surface area contributed by atoms with Gasteiger partial charge in [0.25, 0.3) is 0 Å². The molecule has 3 heteroatoms. The summed E-state index contributed by atoms with van der Waals surface area (Å²) in [7, 11) is 0. The van der Waals surface area contributed by atoms with E-state index in [9.17, 15) is 4.39 Å². The molecule has 0 amide bonds. The summed E-state index contributed by atoms with van der Waals surface area (Å²) in [6.45, 7) is 2.88. The molecule has 0 N–H and O–H groups in total. The van der Waals surface area contributed by atoms with Crippen LogP contribution in [0.25, 0.3) is 0 Å². The highest BCUT2D eigenvalue weighted by Gasteiger charge is 2.10. The quantitative estimate of drug-likeness (QED) is 0.435. The summed E-state index contributed by atoms with van der Waals surface area (Å²) in [5.74, 6) is -0.193. The highest BCUT2D eigenvalue weighted by molar-refractivity contribution is 14.1. The minimum Gasteiger partial charge on any atom is -0.373 e. The molecular formula is C12H16FIO. The van der Waals surface area contributed by atoms with Gasteiger partial charge < -0.3 is 4.74 Å². The zero-order valence-corrected chi connectivity index (χ0v) is 11.0. The zero-order valence-electron chi connectivity index (χ0n) is 8.88. The smallest absolute Gasteiger partial charge is 0.123 e. The van der Waals surface area contributed by atoms with Gasteiger partial charge in [-0.1, -0.05) is 48.1 Å². The third-order valence-corrected chi connectivity index (χ3v) is 2.98. The fourth-order valence-electron chi connectivity index (χ4n) is 1.31. The van der Waals surface area contributed by atoms with Gasteiger partial charge in [0.15, 0.2) is 0 Å². The van der Waals surface area contributed by atoms with Gasteiger partial charge >= 0.3 is 0 Å². The van der Waals surface area contributed by atoms with Crippen LogP contribution in [0.3, 0.4) is 0 Å². The third kappa shape index (κ3) is 4.47. The molecule has 0 fully saturated rings. The predicted octanol–water partition coefficient (Wildman–Crippen LogP) is 4.12. The van der Waals surface area contributed by atoms with Crippen molar-refractivity contribution in [3.63, 3.8) is 0 Å².